The van der Waals surface area contributed by atoms with Crippen LogP contribution in [0.1, 0.15) is 0 Å². The standard InChI is InChI=1S/C14H17BrN4O3/c15-11-12(10-2-1-6-21-10)17-14(16)18-13(11)22-9-5-19-3-7-20-8-4-19/h1-2,6H,3-5,7-9H2,(H2,16,17,18). The van der Waals surface area contributed by atoms with Crippen molar-refractivity contribution in [3.63, 3.8) is 0 Å². The van der Waals surface area contributed by atoms with E-state index in [-0.39, 0.29) is 5.95 Å². The maximum atomic E-state index is 5.76. The Balaban J connectivity index is 1.68. The number of rotatable bonds is 5. The predicted molar refractivity (Wildman–Crippen MR) is 84.6 cm³/mol. The third-order valence-electron chi connectivity index (χ3n) is 3.34. The smallest absolute Gasteiger partial charge is 0.233 e. The summed E-state index contributed by atoms with van der Waals surface area (Å²) in [5, 5.41) is 0. The quantitative estimate of drug-likeness (QED) is 0.860. The number of aromatic nitrogens is 2. The summed E-state index contributed by atoms with van der Waals surface area (Å²) in [6.45, 7) is 4.73. The van der Waals surface area contributed by atoms with Crippen molar-refractivity contribution in [1.29, 1.82) is 0 Å². The van der Waals surface area contributed by atoms with Crippen LogP contribution in [0.25, 0.3) is 11.5 Å². The van der Waals surface area contributed by atoms with Crippen LogP contribution in [0.3, 0.4) is 0 Å². The molecule has 0 radical (unpaired) electrons. The van der Waals surface area contributed by atoms with Crippen LogP contribution in [-0.4, -0.2) is 54.3 Å². The largest absolute Gasteiger partial charge is 0.475 e. The molecule has 22 heavy (non-hydrogen) atoms. The number of ether oxygens (including phenoxy) is 2. The average Bonchev–Trinajstić information content (AvgIpc) is 3.05. The van der Waals surface area contributed by atoms with Gasteiger partial charge >= 0.3 is 0 Å². The third kappa shape index (κ3) is 3.57. The summed E-state index contributed by atoms with van der Waals surface area (Å²) < 4.78 is 17.1. The highest BCUT2D eigenvalue weighted by molar-refractivity contribution is 9.10. The molecule has 0 spiro atoms. The number of hydrogen-bond donors (Lipinski definition) is 1. The molecule has 1 saturated heterocycles. The van der Waals surface area contributed by atoms with Crippen LogP contribution >= 0.6 is 15.9 Å². The number of nitrogens with two attached hydrogens (primary N) is 1. The molecule has 1 aliphatic heterocycles. The maximum Gasteiger partial charge on any atom is 0.233 e. The van der Waals surface area contributed by atoms with Crippen LogP contribution in [0.2, 0.25) is 0 Å². The van der Waals surface area contributed by atoms with Gasteiger partial charge < -0.3 is 19.6 Å². The number of hydrogen-bond acceptors (Lipinski definition) is 7. The Labute approximate surface area is 136 Å². The summed E-state index contributed by atoms with van der Waals surface area (Å²) in [5.74, 6) is 1.18. The minimum absolute atomic E-state index is 0.149. The molecule has 7 nitrogen and oxygen atoms in total. The summed E-state index contributed by atoms with van der Waals surface area (Å²) in [4.78, 5) is 10.6. The molecule has 118 valence electrons. The van der Waals surface area contributed by atoms with E-state index < -0.39 is 0 Å². The fraction of sp³-hybridized carbons (Fsp3) is 0.429. The van der Waals surface area contributed by atoms with Gasteiger partial charge in [0.15, 0.2) is 5.76 Å². The minimum Gasteiger partial charge on any atom is -0.475 e. The summed E-state index contributed by atoms with van der Waals surface area (Å²) in [6, 6.07) is 3.60. The second-order valence-corrected chi connectivity index (χ2v) is 5.62. The van der Waals surface area contributed by atoms with E-state index in [4.69, 9.17) is 19.6 Å². The maximum absolute atomic E-state index is 5.76. The van der Waals surface area contributed by atoms with Gasteiger partial charge in [0, 0.05) is 19.6 Å². The molecular weight excluding hydrogens is 352 g/mol. The Morgan fingerprint density at radius 3 is 2.86 bits per heavy atom. The van der Waals surface area contributed by atoms with Gasteiger partial charge in [0.25, 0.3) is 0 Å². The highest BCUT2D eigenvalue weighted by Gasteiger charge is 2.17. The monoisotopic (exact) mass is 368 g/mol. The second-order valence-electron chi connectivity index (χ2n) is 4.83. The summed E-state index contributed by atoms with van der Waals surface area (Å²) in [5.41, 5.74) is 6.34. The number of morpholine rings is 1. The van der Waals surface area contributed by atoms with Gasteiger partial charge in [-0.05, 0) is 28.1 Å². The molecule has 1 fully saturated rings. The summed E-state index contributed by atoms with van der Waals surface area (Å²) >= 11 is 3.46. The van der Waals surface area contributed by atoms with Gasteiger partial charge in [-0.3, -0.25) is 4.90 Å². The molecular formula is C14H17BrN4O3. The molecule has 3 rings (SSSR count). The molecule has 0 bridgehead atoms. The Hall–Kier alpha value is -1.64. The highest BCUT2D eigenvalue weighted by Crippen LogP contribution is 2.33. The Morgan fingerprint density at radius 1 is 1.32 bits per heavy atom. The van der Waals surface area contributed by atoms with Crippen LogP contribution in [0, 0.1) is 0 Å². The number of anilines is 1. The molecule has 8 heteroatoms. The Bertz CT molecular complexity index is 615. The molecule has 2 aromatic rings. The van der Waals surface area contributed by atoms with Crippen molar-refractivity contribution in [2.45, 2.75) is 0 Å². The fourth-order valence-corrected chi connectivity index (χ4v) is 2.70. The normalized spacial score (nSPS) is 15.9. The average molecular weight is 369 g/mol. The van der Waals surface area contributed by atoms with Crippen molar-refractivity contribution in [1.82, 2.24) is 14.9 Å². The first kappa shape index (κ1) is 15.3. The number of nitrogens with zero attached hydrogens (tertiary/aromatic N) is 3. The highest BCUT2D eigenvalue weighted by atomic mass is 79.9. The van der Waals surface area contributed by atoms with Gasteiger partial charge in [-0.1, -0.05) is 0 Å². The molecule has 2 aromatic heterocycles. The van der Waals surface area contributed by atoms with E-state index in [1.807, 2.05) is 6.07 Å². The van der Waals surface area contributed by atoms with Crippen LogP contribution in [0.5, 0.6) is 5.88 Å². The molecule has 0 aliphatic carbocycles. The van der Waals surface area contributed by atoms with Crippen molar-refractivity contribution in [2.24, 2.45) is 0 Å². The molecule has 0 atom stereocenters. The van der Waals surface area contributed by atoms with Crippen LogP contribution < -0.4 is 10.5 Å². The van der Waals surface area contributed by atoms with E-state index in [9.17, 15) is 0 Å². The van der Waals surface area contributed by atoms with Gasteiger partial charge in [-0.2, -0.15) is 4.98 Å². The van der Waals surface area contributed by atoms with Crippen molar-refractivity contribution in [2.75, 3.05) is 45.2 Å². The molecule has 3 heterocycles. The molecule has 0 aromatic carbocycles. The number of furan rings is 1. The predicted octanol–water partition coefficient (Wildman–Crippen LogP) is 1.79. The minimum atomic E-state index is 0.149. The lowest BCUT2D eigenvalue weighted by Gasteiger charge is -2.26. The molecule has 1 aliphatic rings. The van der Waals surface area contributed by atoms with Gasteiger partial charge in [0.2, 0.25) is 11.8 Å². The van der Waals surface area contributed by atoms with Gasteiger partial charge in [0.1, 0.15) is 16.8 Å². The first-order chi connectivity index (χ1) is 10.7. The summed E-state index contributed by atoms with van der Waals surface area (Å²) in [6.07, 6.45) is 1.58. The first-order valence-electron chi connectivity index (χ1n) is 7.04. The number of halogens is 1. The second kappa shape index (κ2) is 7.08. The Kier molecular flexibility index (Phi) is 4.91. The van der Waals surface area contributed by atoms with Crippen LogP contribution in [0.4, 0.5) is 5.95 Å². The third-order valence-corrected chi connectivity index (χ3v) is 4.06. The van der Waals surface area contributed by atoms with E-state index in [2.05, 4.69) is 30.8 Å². The van der Waals surface area contributed by atoms with Crippen molar-refractivity contribution < 1.29 is 13.9 Å². The molecule has 0 unspecified atom stereocenters. The zero-order valence-electron chi connectivity index (χ0n) is 12.0. The van der Waals surface area contributed by atoms with E-state index >= 15 is 0 Å². The van der Waals surface area contributed by atoms with Crippen molar-refractivity contribution in [3.8, 4) is 17.3 Å². The van der Waals surface area contributed by atoms with Gasteiger partial charge in [-0.15, -0.1) is 0 Å². The van der Waals surface area contributed by atoms with E-state index in [0.717, 1.165) is 32.8 Å². The lowest BCUT2D eigenvalue weighted by atomic mass is 10.3. The van der Waals surface area contributed by atoms with Gasteiger partial charge in [0.05, 0.1) is 19.5 Å². The molecule has 2 N–H and O–H groups in total. The lowest BCUT2D eigenvalue weighted by Crippen LogP contribution is -2.38. The van der Waals surface area contributed by atoms with Crippen LogP contribution in [-0.2, 0) is 4.74 Å². The molecule has 0 amide bonds. The SMILES string of the molecule is Nc1nc(OCCN2CCOCC2)c(Br)c(-c2ccco2)n1. The van der Waals surface area contributed by atoms with E-state index in [1.54, 1.807) is 12.3 Å². The zero-order valence-corrected chi connectivity index (χ0v) is 13.6. The zero-order chi connectivity index (χ0) is 15.4. The molecule has 0 saturated carbocycles. The van der Waals surface area contributed by atoms with Gasteiger partial charge in [-0.25, -0.2) is 4.98 Å². The van der Waals surface area contributed by atoms with Crippen molar-refractivity contribution in [3.05, 3.63) is 22.9 Å². The topological polar surface area (TPSA) is 86.6 Å². The van der Waals surface area contributed by atoms with Crippen LogP contribution in [0.15, 0.2) is 27.3 Å². The number of nitrogen functional groups attached to an aromatic ring is 1. The lowest BCUT2D eigenvalue weighted by molar-refractivity contribution is 0.0319. The van der Waals surface area contributed by atoms with E-state index in [0.29, 0.717) is 28.4 Å². The Morgan fingerprint density at radius 2 is 2.14 bits per heavy atom. The van der Waals surface area contributed by atoms with E-state index in [1.165, 1.54) is 0 Å². The first-order valence-corrected chi connectivity index (χ1v) is 7.83. The summed E-state index contributed by atoms with van der Waals surface area (Å²) in [7, 11) is 0. The van der Waals surface area contributed by atoms with Crippen molar-refractivity contribution >= 4 is 21.9 Å². The fourth-order valence-electron chi connectivity index (χ4n) is 2.21.